The molecule has 0 saturated carbocycles. The third-order valence-corrected chi connectivity index (χ3v) is 7.05. The molecule has 0 aliphatic carbocycles. The van der Waals surface area contributed by atoms with Crippen LogP contribution in [0.25, 0.3) is 0 Å². The van der Waals surface area contributed by atoms with E-state index in [2.05, 4.69) is 10.2 Å². The Morgan fingerprint density at radius 3 is 2.53 bits per heavy atom. The summed E-state index contributed by atoms with van der Waals surface area (Å²) in [6.45, 7) is 7.26. The van der Waals surface area contributed by atoms with E-state index in [0.29, 0.717) is 29.3 Å². The summed E-state index contributed by atoms with van der Waals surface area (Å²) >= 11 is 6.22. The Morgan fingerprint density at radius 1 is 1.12 bits per heavy atom. The van der Waals surface area contributed by atoms with Crippen LogP contribution in [0, 0.1) is 0 Å². The summed E-state index contributed by atoms with van der Waals surface area (Å²) in [6, 6.07) is 4.89. The molecule has 1 aromatic rings. The normalized spacial score (nSPS) is 25.7. The van der Waals surface area contributed by atoms with E-state index < -0.39 is 11.1 Å². The number of nitrogens with zero attached hydrogens (tertiary/aromatic N) is 2. The largest absolute Gasteiger partial charge is 0.487 e. The molecule has 8 heteroatoms. The molecule has 3 aliphatic rings. The number of carbonyl (C=O) groups excluding carboxylic acids is 2. The van der Waals surface area contributed by atoms with Crippen LogP contribution in [0.4, 0.5) is 4.79 Å². The SMILES string of the molecule is CC1(C)CC2(NC(=O)N(CCCCCCN3CCC(O)CC3)C2=O)c2cc(Cl)ccc2O1. The maximum absolute atomic E-state index is 13.5. The van der Waals surface area contributed by atoms with Crippen molar-refractivity contribution in [3.63, 3.8) is 0 Å². The van der Waals surface area contributed by atoms with Crippen LogP contribution in [0.1, 0.15) is 64.4 Å². The number of piperidine rings is 1. The van der Waals surface area contributed by atoms with E-state index in [1.807, 2.05) is 13.8 Å². The molecule has 0 radical (unpaired) electrons. The van der Waals surface area contributed by atoms with Crippen molar-refractivity contribution < 1.29 is 19.4 Å². The van der Waals surface area contributed by atoms with Crippen molar-refractivity contribution in [3.05, 3.63) is 28.8 Å². The van der Waals surface area contributed by atoms with Crippen molar-refractivity contribution in [1.82, 2.24) is 15.1 Å². The van der Waals surface area contributed by atoms with Crippen LogP contribution in [0.2, 0.25) is 5.02 Å². The minimum atomic E-state index is -1.13. The first-order chi connectivity index (χ1) is 15.2. The van der Waals surface area contributed by atoms with Gasteiger partial charge in [-0.15, -0.1) is 0 Å². The van der Waals surface area contributed by atoms with E-state index in [1.165, 1.54) is 4.90 Å². The van der Waals surface area contributed by atoms with Crippen molar-refractivity contribution in [1.29, 1.82) is 0 Å². The number of fused-ring (bicyclic) bond motifs is 2. The summed E-state index contributed by atoms with van der Waals surface area (Å²) in [6.07, 6.45) is 5.87. The number of hydrogen-bond acceptors (Lipinski definition) is 5. The summed E-state index contributed by atoms with van der Waals surface area (Å²) in [4.78, 5) is 30.1. The van der Waals surface area contributed by atoms with Crippen LogP contribution in [-0.2, 0) is 10.3 Å². The topological polar surface area (TPSA) is 82.1 Å². The Bertz CT molecular complexity index is 869. The van der Waals surface area contributed by atoms with Gasteiger partial charge in [0.25, 0.3) is 5.91 Å². The highest BCUT2D eigenvalue weighted by molar-refractivity contribution is 6.30. The molecular weight excluding hydrogens is 430 g/mol. The van der Waals surface area contributed by atoms with Gasteiger partial charge >= 0.3 is 6.03 Å². The molecule has 1 aromatic carbocycles. The Labute approximate surface area is 195 Å². The van der Waals surface area contributed by atoms with Crippen molar-refractivity contribution in [2.24, 2.45) is 0 Å². The summed E-state index contributed by atoms with van der Waals surface area (Å²) in [5.74, 6) is 0.376. The molecule has 2 saturated heterocycles. The van der Waals surface area contributed by atoms with Gasteiger partial charge in [-0.1, -0.05) is 24.4 Å². The van der Waals surface area contributed by atoms with E-state index in [-0.39, 0.29) is 18.0 Å². The molecule has 4 rings (SSSR count). The molecule has 32 heavy (non-hydrogen) atoms. The van der Waals surface area contributed by atoms with E-state index in [4.69, 9.17) is 16.3 Å². The first-order valence-electron chi connectivity index (χ1n) is 11.7. The van der Waals surface area contributed by atoms with Gasteiger partial charge in [0.05, 0.1) is 6.10 Å². The molecule has 2 N–H and O–H groups in total. The molecule has 0 bridgehead atoms. The number of ether oxygens (including phenoxy) is 1. The average molecular weight is 464 g/mol. The predicted molar refractivity (Wildman–Crippen MR) is 123 cm³/mol. The molecule has 2 fully saturated rings. The average Bonchev–Trinajstić information content (AvgIpc) is 2.96. The lowest BCUT2D eigenvalue weighted by Crippen LogP contribution is -2.53. The first-order valence-corrected chi connectivity index (χ1v) is 12.1. The number of imide groups is 1. The van der Waals surface area contributed by atoms with Crippen LogP contribution < -0.4 is 10.1 Å². The maximum Gasteiger partial charge on any atom is 0.325 e. The lowest BCUT2D eigenvalue weighted by atomic mass is 9.77. The van der Waals surface area contributed by atoms with Crippen LogP contribution in [0.5, 0.6) is 5.75 Å². The number of unbranched alkanes of at least 4 members (excludes halogenated alkanes) is 3. The van der Waals surface area contributed by atoms with Gasteiger partial charge in [-0.2, -0.15) is 0 Å². The fourth-order valence-corrected chi connectivity index (χ4v) is 5.40. The molecule has 3 heterocycles. The molecular formula is C24H34ClN3O4. The van der Waals surface area contributed by atoms with E-state index in [0.717, 1.165) is 58.2 Å². The zero-order chi connectivity index (χ0) is 22.9. The van der Waals surface area contributed by atoms with Crippen LogP contribution in [0.15, 0.2) is 18.2 Å². The second-order valence-electron chi connectivity index (χ2n) is 9.96. The number of likely N-dealkylation sites (tertiary alicyclic amines) is 1. The van der Waals surface area contributed by atoms with Gasteiger partial charge in [-0.3, -0.25) is 9.69 Å². The Balaban J connectivity index is 1.33. The van der Waals surface area contributed by atoms with Gasteiger partial charge in [-0.25, -0.2) is 4.79 Å². The number of rotatable bonds is 7. The van der Waals surface area contributed by atoms with E-state index >= 15 is 0 Å². The van der Waals surface area contributed by atoms with E-state index in [1.54, 1.807) is 18.2 Å². The third kappa shape index (κ3) is 4.75. The van der Waals surface area contributed by atoms with Gasteiger partial charge in [0.15, 0.2) is 5.54 Å². The quantitative estimate of drug-likeness (QED) is 0.476. The zero-order valence-electron chi connectivity index (χ0n) is 19.0. The predicted octanol–water partition coefficient (Wildman–Crippen LogP) is 3.67. The van der Waals surface area contributed by atoms with Crippen molar-refractivity contribution in [3.8, 4) is 5.75 Å². The number of urea groups is 1. The summed E-state index contributed by atoms with van der Waals surface area (Å²) in [7, 11) is 0. The highest BCUT2D eigenvalue weighted by atomic mass is 35.5. The number of halogens is 1. The number of carbonyl (C=O) groups is 2. The highest BCUT2D eigenvalue weighted by Gasteiger charge is 2.58. The molecule has 3 aliphatic heterocycles. The second-order valence-corrected chi connectivity index (χ2v) is 10.4. The molecule has 1 atom stereocenters. The number of amides is 3. The summed E-state index contributed by atoms with van der Waals surface area (Å²) < 4.78 is 6.06. The summed E-state index contributed by atoms with van der Waals surface area (Å²) in [5, 5.41) is 13.1. The third-order valence-electron chi connectivity index (χ3n) is 6.82. The van der Waals surface area contributed by atoms with Gasteiger partial charge in [0, 0.05) is 36.6 Å². The van der Waals surface area contributed by atoms with Crippen LogP contribution in [-0.4, -0.2) is 64.7 Å². The van der Waals surface area contributed by atoms with Gasteiger partial charge in [-0.05, 0) is 64.3 Å². The van der Waals surface area contributed by atoms with Crippen molar-refractivity contribution >= 4 is 23.5 Å². The number of aliphatic hydroxyl groups is 1. The smallest absolute Gasteiger partial charge is 0.325 e. The molecule has 3 amide bonds. The minimum absolute atomic E-state index is 0.136. The van der Waals surface area contributed by atoms with Gasteiger partial charge in [0.1, 0.15) is 11.4 Å². The number of benzene rings is 1. The second kappa shape index (κ2) is 9.20. The van der Waals surface area contributed by atoms with Crippen molar-refractivity contribution in [2.45, 2.75) is 76.0 Å². The highest BCUT2D eigenvalue weighted by Crippen LogP contribution is 2.47. The molecule has 1 unspecified atom stereocenters. The van der Waals surface area contributed by atoms with Crippen LogP contribution in [0.3, 0.4) is 0 Å². The number of aliphatic hydroxyl groups excluding tert-OH is 1. The molecule has 0 aromatic heterocycles. The summed E-state index contributed by atoms with van der Waals surface area (Å²) in [5.41, 5.74) is -1.08. The Hall–Kier alpha value is -1.83. The molecule has 176 valence electrons. The van der Waals surface area contributed by atoms with Gasteiger partial charge in [0.2, 0.25) is 0 Å². The minimum Gasteiger partial charge on any atom is -0.487 e. The first kappa shape index (κ1) is 23.3. The molecule has 7 nitrogen and oxygen atoms in total. The fourth-order valence-electron chi connectivity index (χ4n) is 5.23. The van der Waals surface area contributed by atoms with Crippen LogP contribution >= 0.6 is 11.6 Å². The Kier molecular flexibility index (Phi) is 6.71. The lowest BCUT2D eigenvalue weighted by Gasteiger charge is -2.42. The fraction of sp³-hybridized carbons (Fsp3) is 0.667. The Morgan fingerprint density at radius 2 is 1.81 bits per heavy atom. The van der Waals surface area contributed by atoms with Crippen molar-refractivity contribution in [2.75, 3.05) is 26.2 Å². The maximum atomic E-state index is 13.5. The van der Waals surface area contributed by atoms with Gasteiger partial charge < -0.3 is 20.1 Å². The lowest BCUT2D eigenvalue weighted by molar-refractivity contribution is -0.134. The zero-order valence-corrected chi connectivity index (χ0v) is 19.8. The number of nitrogens with one attached hydrogen (secondary N) is 1. The molecule has 1 spiro atoms. The number of hydrogen-bond donors (Lipinski definition) is 2. The standard InChI is InChI=1S/C24H34ClN3O4/c1-23(2)16-24(19-15-17(25)7-8-20(19)32-23)21(30)28(22(31)26-24)12-6-4-3-5-11-27-13-9-18(29)10-14-27/h7-8,15,18,29H,3-6,9-14,16H2,1-2H3,(H,26,31). The van der Waals surface area contributed by atoms with E-state index in [9.17, 15) is 14.7 Å². The monoisotopic (exact) mass is 463 g/mol.